The number of carboxylic acid groups (broad SMARTS) is 1. The number of hydrogen-bond donors (Lipinski definition) is 1. The number of likely N-dealkylation sites (tertiary alicyclic amines) is 1. The molecule has 1 aromatic heterocycles. The molecule has 32 heavy (non-hydrogen) atoms. The third-order valence-corrected chi connectivity index (χ3v) is 6.55. The Balaban J connectivity index is 1.62. The first-order valence-corrected chi connectivity index (χ1v) is 12.0. The van der Waals surface area contributed by atoms with E-state index in [9.17, 15) is 9.90 Å². The Hall–Kier alpha value is -2.83. The average molecular weight is 452 g/mol. The largest absolute Gasteiger partial charge is 0.490 e. The molecule has 0 bridgehead atoms. The van der Waals surface area contributed by atoms with Gasteiger partial charge >= 0.3 is 5.97 Å². The Bertz CT molecular complexity index is 1010. The van der Waals surface area contributed by atoms with Gasteiger partial charge in [-0.25, -0.2) is 0 Å². The molecule has 5 nitrogen and oxygen atoms in total. The lowest BCUT2D eigenvalue weighted by Gasteiger charge is -2.37. The molecule has 2 heterocycles. The molecule has 1 aliphatic rings. The van der Waals surface area contributed by atoms with E-state index < -0.39 is 5.97 Å². The van der Waals surface area contributed by atoms with Gasteiger partial charge in [-0.15, -0.1) is 0 Å². The highest BCUT2D eigenvalue weighted by Crippen LogP contribution is 2.38. The standard InChI is InChI=1S/C26H29NO4S/c1-2-30-24-15-20(10-11-23(24)31-17-19-7-4-3-5-8-19)25(22-12-14-32-18-22)27-13-6-9-21(16-27)26(28)29/h3-5,7-8,10-12,14-15,18,21,25H,2,6,9,13,16-17H2,1H3,(H,28,29). The van der Waals surface area contributed by atoms with E-state index in [1.807, 2.05) is 43.3 Å². The van der Waals surface area contributed by atoms with Crippen molar-refractivity contribution in [1.82, 2.24) is 4.90 Å². The van der Waals surface area contributed by atoms with E-state index in [1.165, 1.54) is 5.56 Å². The molecule has 1 saturated heterocycles. The number of carbonyl (C=O) groups is 1. The minimum atomic E-state index is -0.710. The van der Waals surface area contributed by atoms with Crippen molar-refractivity contribution in [2.45, 2.75) is 32.4 Å². The molecule has 0 amide bonds. The molecule has 3 aromatic rings. The number of aliphatic carboxylic acids is 1. The number of carboxylic acids is 1. The molecule has 1 fully saturated rings. The van der Waals surface area contributed by atoms with E-state index in [-0.39, 0.29) is 12.0 Å². The average Bonchev–Trinajstić information content (AvgIpc) is 3.34. The summed E-state index contributed by atoms with van der Waals surface area (Å²) < 4.78 is 12.0. The van der Waals surface area contributed by atoms with Crippen LogP contribution in [0.4, 0.5) is 0 Å². The van der Waals surface area contributed by atoms with Gasteiger partial charge in [0.15, 0.2) is 11.5 Å². The third-order valence-electron chi connectivity index (χ3n) is 5.85. The Morgan fingerprint density at radius 2 is 1.97 bits per heavy atom. The number of ether oxygens (including phenoxy) is 2. The first-order valence-electron chi connectivity index (χ1n) is 11.1. The summed E-state index contributed by atoms with van der Waals surface area (Å²) in [5.41, 5.74) is 3.37. The molecule has 6 heteroatoms. The minimum Gasteiger partial charge on any atom is -0.490 e. The van der Waals surface area contributed by atoms with Crippen LogP contribution in [0.5, 0.6) is 11.5 Å². The van der Waals surface area contributed by atoms with E-state index >= 15 is 0 Å². The predicted octanol–water partition coefficient (Wildman–Crippen LogP) is 5.61. The number of hydrogen-bond acceptors (Lipinski definition) is 5. The molecule has 2 atom stereocenters. The highest BCUT2D eigenvalue weighted by Gasteiger charge is 2.32. The molecule has 1 N–H and O–H groups in total. The van der Waals surface area contributed by atoms with Crippen molar-refractivity contribution in [1.29, 1.82) is 0 Å². The fraction of sp³-hybridized carbons (Fsp3) is 0.346. The number of piperidine rings is 1. The minimum absolute atomic E-state index is 0.00854. The summed E-state index contributed by atoms with van der Waals surface area (Å²) in [6.07, 6.45) is 1.62. The lowest BCUT2D eigenvalue weighted by Crippen LogP contribution is -2.41. The molecular formula is C26H29NO4S. The second-order valence-corrected chi connectivity index (χ2v) is 8.83. The smallest absolute Gasteiger partial charge is 0.307 e. The Morgan fingerprint density at radius 3 is 2.69 bits per heavy atom. The molecule has 0 saturated carbocycles. The Morgan fingerprint density at radius 1 is 1.12 bits per heavy atom. The number of benzene rings is 2. The Kier molecular flexibility index (Phi) is 7.45. The normalized spacial score (nSPS) is 17.6. The second-order valence-electron chi connectivity index (χ2n) is 8.05. The SMILES string of the molecule is CCOc1cc(C(c2ccsc2)N2CCCC(C(=O)O)C2)ccc1OCc1ccccc1. The molecule has 4 rings (SSSR count). The maximum Gasteiger partial charge on any atom is 0.307 e. The number of thiophene rings is 1. The van der Waals surface area contributed by atoms with Crippen LogP contribution in [0.15, 0.2) is 65.4 Å². The van der Waals surface area contributed by atoms with Crippen LogP contribution in [-0.2, 0) is 11.4 Å². The van der Waals surface area contributed by atoms with Crippen LogP contribution in [0.2, 0.25) is 0 Å². The van der Waals surface area contributed by atoms with Crippen molar-refractivity contribution < 1.29 is 19.4 Å². The van der Waals surface area contributed by atoms with E-state index in [4.69, 9.17) is 9.47 Å². The van der Waals surface area contributed by atoms with Crippen molar-refractivity contribution in [3.63, 3.8) is 0 Å². The zero-order chi connectivity index (χ0) is 22.3. The summed E-state index contributed by atoms with van der Waals surface area (Å²) in [4.78, 5) is 13.9. The lowest BCUT2D eigenvalue weighted by atomic mass is 9.92. The van der Waals surface area contributed by atoms with Gasteiger partial charge in [0.25, 0.3) is 0 Å². The summed E-state index contributed by atoms with van der Waals surface area (Å²) >= 11 is 1.66. The number of nitrogens with zero attached hydrogens (tertiary/aromatic N) is 1. The fourth-order valence-corrected chi connectivity index (χ4v) is 4.98. The predicted molar refractivity (Wildman–Crippen MR) is 126 cm³/mol. The zero-order valence-electron chi connectivity index (χ0n) is 18.3. The van der Waals surface area contributed by atoms with Crippen molar-refractivity contribution in [2.75, 3.05) is 19.7 Å². The highest BCUT2D eigenvalue weighted by atomic mass is 32.1. The monoisotopic (exact) mass is 451 g/mol. The Labute approximate surface area is 193 Å². The van der Waals surface area contributed by atoms with Crippen LogP contribution in [0.25, 0.3) is 0 Å². The van der Waals surface area contributed by atoms with Gasteiger partial charge in [0.2, 0.25) is 0 Å². The first-order chi connectivity index (χ1) is 15.7. The van der Waals surface area contributed by atoms with Crippen molar-refractivity contribution in [3.05, 3.63) is 82.0 Å². The molecule has 0 spiro atoms. The van der Waals surface area contributed by atoms with Gasteiger partial charge in [0.1, 0.15) is 6.61 Å². The molecule has 0 aliphatic carbocycles. The lowest BCUT2D eigenvalue weighted by molar-refractivity contribution is -0.143. The molecule has 0 radical (unpaired) electrons. The maximum absolute atomic E-state index is 11.7. The summed E-state index contributed by atoms with van der Waals surface area (Å²) in [5.74, 6) is 0.390. The van der Waals surface area contributed by atoms with Gasteiger partial charge < -0.3 is 14.6 Å². The van der Waals surface area contributed by atoms with Crippen LogP contribution in [0, 0.1) is 5.92 Å². The molecule has 2 unspecified atom stereocenters. The van der Waals surface area contributed by atoms with Gasteiger partial charge in [0, 0.05) is 6.54 Å². The van der Waals surface area contributed by atoms with E-state index in [2.05, 4.69) is 33.9 Å². The van der Waals surface area contributed by atoms with Gasteiger partial charge in [-0.05, 0) is 72.0 Å². The van der Waals surface area contributed by atoms with E-state index in [1.54, 1.807) is 11.3 Å². The van der Waals surface area contributed by atoms with E-state index in [0.717, 1.165) is 30.5 Å². The van der Waals surface area contributed by atoms with Crippen LogP contribution >= 0.6 is 11.3 Å². The van der Waals surface area contributed by atoms with Gasteiger partial charge in [-0.1, -0.05) is 36.4 Å². The molecule has 2 aromatic carbocycles. The topological polar surface area (TPSA) is 59.0 Å². The summed E-state index contributed by atoms with van der Waals surface area (Å²) in [6, 6.07) is 18.3. The van der Waals surface area contributed by atoms with Crippen LogP contribution in [0.1, 0.15) is 42.5 Å². The highest BCUT2D eigenvalue weighted by molar-refractivity contribution is 7.08. The quantitative estimate of drug-likeness (QED) is 0.458. The molecule has 1 aliphatic heterocycles. The zero-order valence-corrected chi connectivity index (χ0v) is 19.1. The molecular weight excluding hydrogens is 422 g/mol. The van der Waals surface area contributed by atoms with Gasteiger partial charge in [0.05, 0.1) is 18.6 Å². The summed E-state index contributed by atoms with van der Waals surface area (Å²) in [5, 5.41) is 13.8. The fourth-order valence-electron chi connectivity index (χ4n) is 4.30. The van der Waals surface area contributed by atoms with Crippen molar-refractivity contribution in [2.24, 2.45) is 5.92 Å². The van der Waals surface area contributed by atoms with Crippen molar-refractivity contribution >= 4 is 17.3 Å². The van der Waals surface area contributed by atoms with Crippen LogP contribution in [0.3, 0.4) is 0 Å². The van der Waals surface area contributed by atoms with E-state index in [0.29, 0.717) is 31.3 Å². The van der Waals surface area contributed by atoms with Gasteiger partial charge in [-0.2, -0.15) is 11.3 Å². The maximum atomic E-state index is 11.7. The number of rotatable bonds is 9. The van der Waals surface area contributed by atoms with Crippen molar-refractivity contribution in [3.8, 4) is 11.5 Å². The molecule has 168 valence electrons. The first kappa shape index (κ1) is 22.4. The van der Waals surface area contributed by atoms with Gasteiger partial charge in [-0.3, -0.25) is 9.69 Å². The van der Waals surface area contributed by atoms with Crippen LogP contribution < -0.4 is 9.47 Å². The second kappa shape index (κ2) is 10.7. The summed E-state index contributed by atoms with van der Waals surface area (Å²) in [7, 11) is 0. The summed E-state index contributed by atoms with van der Waals surface area (Å²) in [6.45, 7) is 4.40. The third kappa shape index (κ3) is 5.31. The van der Waals surface area contributed by atoms with Crippen LogP contribution in [-0.4, -0.2) is 35.7 Å².